The van der Waals surface area contributed by atoms with Crippen LogP contribution in [0.5, 0.6) is 0 Å². The average molecular weight is 740 g/mol. The molecule has 2 nitrogen and oxygen atoms in total. The lowest BCUT2D eigenvalue weighted by Gasteiger charge is -2.28. The molecule has 0 aliphatic heterocycles. The molecule has 1 heterocycles. The zero-order valence-electron chi connectivity index (χ0n) is 31.7. The maximum Gasteiger partial charge on any atom is 0.136 e. The molecule has 11 rings (SSSR count). The third-order valence-corrected chi connectivity index (χ3v) is 11.5. The van der Waals surface area contributed by atoms with Crippen LogP contribution in [0.15, 0.2) is 229 Å². The molecule has 0 amide bonds. The van der Waals surface area contributed by atoms with Gasteiger partial charge in [-0.25, -0.2) is 0 Å². The van der Waals surface area contributed by atoms with Crippen molar-refractivity contribution in [2.45, 2.75) is 0 Å². The van der Waals surface area contributed by atoms with E-state index in [1.54, 1.807) is 0 Å². The van der Waals surface area contributed by atoms with Crippen LogP contribution in [0.2, 0.25) is 0 Å². The van der Waals surface area contributed by atoms with Crippen LogP contribution in [0.25, 0.3) is 88.0 Å². The summed E-state index contributed by atoms with van der Waals surface area (Å²) in [6.45, 7) is 0. The molecule has 0 atom stereocenters. The number of benzene rings is 10. The highest BCUT2D eigenvalue weighted by molar-refractivity contribution is 6.11. The fourth-order valence-electron chi connectivity index (χ4n) is 8.53. The van der Waals surface area contributed by atoms with Gasteiger partial charge in [0.15, 0.2) is 0 Å². The maximum absolute atomic E-state index is 6.40. The molecule has 0 fully saturated rings. The minimum absolute atomic E-state index is 0.889. The van der Waals surface area contributed by atoms with Gasteiger partial charge in [-0.05, 0) is 115 Å². The van der Waals surface area contributed by atoms with Crippen LogP contribution in [-0.4, -0.2) is 0 Å². The second kappa shape index (κ2) is 14.1. The second-order valence-electron chi connectivity index (χ2n) is 14.9. The Balaban J connectivity index is 0.997. The lowest BCUT2D eigenvalue weighted by Crippen LogP contribution is -2.11. The summed E-state index contributed by atoms with van der Waals surface area (Å²) in [5.41, 5.74) is 14.5. The van der Waals surface area contributed by atoms with Gasteiger partial charge in [-0.3, -0.25) is 0 Å². The monoisotopic (exact) mass is 739 g/mol. The lowest BCUT2D eigenvalue weighted by atomic mass is 9.96. The zero-order valence-corrected chi connectivity index (χ0v) is 31.7. The number of fused-ring (bicyclic) bond motifs is 5. The number of hydrogen-bond donors (Lipinski definition) is 0. The van der Waals surface area contributed by atoms with E-state index < -0.39 is 0 Å². The van der Waals surface area contributed by atoms with Crippen molar-refractivity contribution in [2.75, 3.05) is 4.90 Å². The van der Waals surface area contributed by atoms with E-state index in [0.717, 1.165) is 50.1 Å². The molecule has 0 radical (unpaired) electrons. The first-order chi connectivity index (χ1) is 28.7. The second-order valence-corrected chi connectivity index (χ2v) is 14.9. The van der Waals surface area contributed by atoms with Crippen LogP contribution >= 0.6 is 0 Å². The van der Waals surface area contributed by atoms with Gasteiger partial charge in [0.25, 0.3) is 0 Å². The van der Waals surface area contributed by atoms with E-state index in [1.165, 1.54) is 54.9 Å². The predicted octanol–water partition coefficient (Wildman–Crippen LogP) is 16.0. The lowest BCUT2D eigenvalue weighted by molar-refractivity contribution is 0.669. The van der Waals surface area contributed by atoms with Crippen molar-refractivity contribution in [1.82, 2.24) is 0 Å². The van der Waals surface area contributed by atoms with Crippen LogP contribution < -0.4 is 4.90 Å². The topological polar surface area (TPSA) is 16.4 Å². The Morgan fingerprint density at radius 2 is 0.776 bits per heavy atom. The van der Waals surface area contributed by atoms with Gasteiger partial charge >= 0.3 is 0 Å². The third kappa shape index (κ3) is 6.00. The third-order valence-electron chi connectivity index (χ3n) is 11.5. The molecule has 0 saturated carbocycles. The highest BCUT2D eigenvalue weighted by Crippen LogP contribution is 2.43. The van der Waals surface area contributed by atoms with Gasteiger partial charge in [0, 0.05) is 27.7 Å². The minimum Gasteiger partial charge on any atom is -0.456 e. The van der Waals surface area contributed by atoms with Crippen molar-refractivity contribution in [2.24, 2.45) is 0 Å². The van der Waals surface area contributed by atoms with Gasteiger partial charge in [-0.1, -0.05) is 170 Å². The number of anilines is 3. The van der Waals surface area contributed by atoms with Crippen LogP contribution in [0.4, 0.5) is 17.1 Å². The van der Waals surface area contributed by atoms with Gasteiger partial charge in [0.05, 0.1) is 5.69 Å². The average Bonchev–Trinajstić information content (AvgIpc) is 3.65. The summed E-state index contributed by atoms with van der Waals surface area (Å²) in [5.74, 6) is 0. The predicted molar refractivity (Wildman–Crippen MR) is 245 cm³/mol. The van der Waals surface area contributed by atoms with E-state index >= 15 is 0 Å². The Morgan fingerprint density at radius 1 is 0.276 bits per heavy atom. The Bertz CT molecular complexity index is 3250. The molecule has 0 aliphatic carbocycles. The molecule has 58 heavy (non-hydrogen) atoms. The van der Waals surface area contributed by atoms with Crippen LogP contribution in [0, 0.1) is 0 Å². The summed E-state index contributed by atoms with van der Waals surface area (Å²) in [5, 5.41) is 7.15. The summed E-state index contributed by atoms with van der Waals surface area (Å²) in [6, 6.07) is 80.7. The molecule has 0 aliphatic rings. The van der Waals surface area contributed by atoms with Gasteiger partial charge in [0.2, 0.25) is 0 Å². The number of nitrogens with zero attached hydrogens (tertiary/aromatic N) is 1. The Labute approximate surface area is 337 Å². The highest BCUT2D eigenvalue weighted by atomic mass is 16.3. The Hall–Kier alpha value is -7.68. The summed E-state index contributed by atoms with van der Waals surface area (Å²) >= 11 is 0. The van der Waals surface area contributed by atoms with E-state index in [2.05, 4.69) is 229 Å². The summed E-state index contributed by atoms with van der Waals surface area (Å²) in [6.07, 6.45) is 0. The van der Waals surface area contributed by atoms with E-state index in [0.29, 0.717) is 0 Å². The van der Waals surface area contributed by atoms with Gasteiger partial charge in [-0.15, -0.1) is 0 Å². The number of furan rings is 1. The van der Waals surface area contributed by atoms with Crippen molar-refractivity contribution in [3.8, 4) is 44.5 Å². The standard InChI is InChI=1S/C56H37NO/c1-2-11-38(12-3-1)40-25-30-47(31-26-40)57(48-32-27-41(28-33-48)39-21-23-43(24-22-39)50-19-10-16-42-13-6-7-17-49(42)50)54-20-9-8-18-51(54)46-29-34-55-52(36-46)53-35-44-14-4-5-15-45(44)37-56(53)58-55/h1-37H. The molecular weight excluding hydrogens is 703 g/mol. The van der Waals surface area contributed by atoms with E-state index in [4.69, 9.17) is 4.42 Å². The molecule has 0 spiro atoms. The van der Waals surface area contributed by atoms with Crippen molar-refractivity contribution in [1.29, 1.82) is 0 Å². The summed E-state index contributed by atoms with van der Waals surface area (Å²) in [7, 11) is 0. The first kappa shape index (κ1) is 33.6. The molecule has 11 aromatic rings. The molecule has 0 bridgehead atoms. The molecule has 1 aromatic heterocycles. The largest absolute Gasteiger partial charge is 0.456 e. The van der Waals surface area contributed by atoms with Crippen LogP contribution in [-0.2, 0) is 0 Å². The van der Waals surface area contributed by atoms with Gasteiger partial charge in [0.1, 0.15) is 11.2 Å². The van der Waals surface area contributed by atoms with E-state index in [1.807, 2.05) is 0 Å². The highest BCUT2D eigenvalue weighted by Gasteiger charge is 2.19. The van der Waals surface area contributed by atoms with Gasteiger partial charge < -0.3 is 9.32 Å². The summed E-state index contributed by atoms with van der Waals surface area (Å²) < 4.78 is 6.40. The Morgan fingerprint density at radius 3 is 1.50 bits per heavy atom. The fraction of sp³-hybridized carbons (Fsp3) is 0. The molecule has 272 valence electrons. The smallest absolute Gasteiger partial charge is 0.136 e. The van der Waals surface area contributed by atoms with Crippen molar-refractivity contribution < 1.29 is 4.42 Å². The number of hydrogen-bond acceptors (Lipinski definition) is 2. The fourth-order valence-corrected chi connectivity index (χ4v) is 8.53. The first-order valence-electron chi connectivity index (χ1n) is 19.8. The van der Waals surface area contributed by atoms with E-state index in [-0.39, 0.29) is 0 Å². The molecule has 0 saturated heterocycles. The van der Waals surface area contributed by atoms with Gasteiger partial charge in [-0.2, -0.15) is 0 Å². The van der Waals surface area contributed by atoms with Crippen LogP contribution in [0.1, 0.15) is 0 Å². The normalized spacial score (nSPS) is 11.4. The van der Waals surface area contributed by atoms with Crippen molar-refractivity contribution in [3.63, 3.8) is 0 Å². The van der Waals surface area contributed by atoms with Crippen molar-refractivity contribution in [3.05, 3.63) is 224 Å². The SMILES string of the molecule is c1ccc(-c2ccc(N(c3ccc(-c4ccc(-c5cccc6ccccc56)cc4)cc3)c3ccccc3-c3ccc4oc5cc6ccccc6cc5c4c3)cc2)cc1. The summed E-state index contributed by atoms with van der Waals surface area (Å²) in [4.78, 5) is 2.38. The first-order valence-corrected chi connectivity index (χ1v) is 19.8. The molecule has 10 aromatic carbocycles. The minimum atomic E-state index is 0.889. The molecule has 2 heteroatoms. The van der Waals surface area contributed by atoms with E-state index in [9.17, 15) is 0 Å². The zero-order chi connectivity index (χ0) is 38.4. The quantitative estimate of drug-likeness (QED) is 0.162. The number of para-hydroxylation sites is 1. The molecule has 0 unspecified atom stereocenters. The van der Waals surface area contributed by atoms with Crippen LogP contribution in [0.3, 0.4) is 0 Å². The number of rotatable bonds is 7. The Kier molecular flexibility index (Phi) is 8.19. The molecular formula is C56H37NO. The maximum atomic E-state index is 6.40. The van der Waals surface area contributed by atoms with Crippen molar-refractivity contribution >= 4 is 60.5 Å². The molecule has 0 N–H and O–H groups in total.